The van der Waals surface area contributed by atoms with Gasteiger partial charge < -0.3 is 0 Å². The van der Waals surface area contributed by atoms with Gasteiger partial charge in [0.05, 0.1) is 0 Å². The molecule has 0 aliphatic carbocycles. The summed E-state index contributed by atoms with van der Waals surface area (Å²) in [6, 6.07) is 40.4. The molecule has 0 fully saturated rings. The molecule has 0 saturated carbocycles. The SMILES string of the molecule is Cc1ccc(-p2c(-c3cc(Br)c(-c4c(Br)c5ccccc5p4-c4ccc(C)cc4)cc3Br)c(Br)c3ccccc32)cc1. The van der Waals surface area contributed by atoms with Crippen molar-refractivity contribution in [1.82, 2.24) is 0 Å². The Hall–Kier alpha value is -1.90. The van der Waals surface area contributed by atoms with Gasteiger partial charge in [-0.2, -0.15) is 0 Å². The first-order valence-electron chi connectivity index (χ1n) is 13.5. The average Bonchev–Trinajstić information content (AvgIpc) is 3.46. The molecule has 0 aliphatic rings. The van der Waals surface area contributed by atoms with E-state index < -0.39 is 15.1 Å². The molecular weight excluding hydrogens is 814 g/mol. The van der Waals surface area contributed by atoms with Crippen molar-refractivity contribution >= 4 is 99.8 Å². The standard InChI is InChI=1S/C36H24Br4P2/c1-21-11-15-23(16-12-21)41-31-9-5-3-7-25(31)33(39)35(41)27-19-30(38)28(20-29(27)37)36-34(40)26-8-4-6-10-32(26)42(36)24-17-13-22(2)14-18-24/h3-20H,1-2H3. The van der Waals surface area contributed by atoms with Gasteiger partial charge in [-0.3, -0.25) is 0 Å². The molecule has 0 radical (unpaired) electrons. The summed E-state index contributed by atoms with van der Waals surface area (Å²) in [5.74, 6) is 0. The van der Waals surface area contributed by atoms with E-state index in [4.69, 9.17) is 0 Å². The number of fused-ring (bicyclic) bond motifs is 2. The lowest BCUT2D eigenvalue weighted by atomic mass is 10.1. The number of hydrogen-bond donors (Lipinski definition) is 0. The van der Waals surface area contributed by atoms with Crippen molar-refractivity contribution in [2.24, 2.45) is 0 Å². The van der Waals surface area contributed by atoms with E-state index in [1.54, 1.807) is 0 Å². The van der Waals surface area contributed by atoms with Crippen LogP contribution in [-0.2, 0) is 0 Å². The van der Waals surface area contributed by atoms with E-state index in [1.807, 2.05) is 0 Å². The van der Waals surface area contributed by atoms with Crippen LogP contribution >= 0.6 is 78.8 Å². The lowest BCUT2D eigenvalue weighted by molar-refractivity contribution is 1.49. The first kappa shape index (κ1) is 28.8. The Morgan fingerprint density at radius 2 is 0.810 bits per heavy atom. The molecule has 0 nitrogen and oxygen atoms in total. The number of hydrogen-bond acceptors (Lipinski definition) is 0. The van der Waals surface area contributed by atoms with Crippen LogP contribution in [-0.4, -0.2) is 0 Å². The Kier molecular flexibility index (Phi) is 7.93. The Bertz CT molecular complexity index is 1980. The third kappa shape index (κ3) is 4.84. The number of halogens is 4. The predicted octanol–water partition coefficient (Wildman–Crippen LogP) is 14.9. The largest absolute Gasteiger partial charge is 0.0760 e. The quantitative estimate of drug-likeness (QED) is 0.166. The normalized spacial score (nSPS) is 12.4. The van der Waals surface area contributed by atoms with E-state index in [1.165, 1.54) is 73.4 Å². The van der Waals surface area contributed by atoms with Gasteiger partial charge in [0.2, 0.25) is 0 Å². The highest BCUT2D eigenvalue weighted by molar-refractivity contribution is 9.11. The van der Waals surface area contributed by atoms with Gasteiger partial charge in [0.15, 0.2) is 0 Å². The third-order valence-corrected chi connectivity index (χ3v) is 16.5. The fourth-order valence-electron chi connectivity index (χ4n) is 5.71. The molecule has 0 amide bonds. The molecule has 42 heavy (non-hydrogen) atoms. The zero-order valence-corrected chi connectivity index (χ0v) is 30.9. The second kappa shape index (κ2) is 11.6. The summed E-state index contributed by atoms with van der Waals surface area (Å²) >= 11 is 16.2. The highest BCUT2D eigenvalue weighted by Gasteiger charge is 2.25. The molecule has 2 unspecified atom stereocenters. The molecule has 2 heterocycles. The van der Waals surface area contributed by atoms with Crippen LogP contribution in [0.3, 0.4) is 0 Å². The van der Waals surface area contributed by atoms with Crippen LogP contribution in [0.5, 0.6) is 0 Å². The van der Waals surface area contributed by atoms with Crippen LogP contribution in [0.2, 0.25) is 0 Å². The lowest BCUT2D eigenvalue weighted by Gasteiger charge is -2.15. The molecule has 206 valence electrons. The monoisotopic (exact) mass is 834 g/mol. The van der Waals surface area contributed by atoms with Gasteiger partial charge in [-0.1, -0.05) is 143 Å². The second-order valence-electron chi connectivity index (χ2n) is 10.5. The smallest absolute Gasteiger partial charge is 0.0379 e. The Labute approximate surface area is 281 Å². The number of rotatable bonds is 4. The van der Waals surface area contributed by atoms with E-state index in [-0.39, 0.29) is 0 Å². The molecular formula is C36H24Br4P2. The summed E-state index contributed by atoms with van der Waals surface area (Å²) in [5, 5.41) is 10.8. The van der Waals surface area contributed by atoms with Gasteiger partial charge in [-0.25, -0.2) is 0 Å². The minimum absolute atomic E-state index is 0.726. The van der Waals surface area contributed by atoms with Crippen molar-refractivity contribution in [3.05, 3.63) is 138 Å². The minimum Gasteiger partial charge on any atom is -0.0760 e. The molecule has 0 aliphatic heterocycles. The topological polar surface area (TPSA) is 0 Å². The maximum Gasteiger partial charge on any atom is 0.0379 e. The molecule has 6 heteroatoms. The fourth-order valence-corrected chi connectivity index (χ4v) is 14.8. The molecule has 7 aromatic rings. The van der Waals surface area contributed by atoms with E-state index in [0.717, 1.165) is 8.95 Å². The molecule has 7 rings (SSSR count). The number of benzene rings is 5. The van der Waals surface area contributed by atoms with Crippen LogP contribution in [0.15, 0.2) is 127 Å². The van der Waals surface area contributed by atoms with Crippen LogP contribution in [0.1, 0.15) is 11.1 Å². The van der Waals surface area contributed by atoms with Crippen LogP contribution in [0.25, 0.3) is 53.3 Å². The van der Waals surface area contributed by atoms with E-state index >= 15 is 0 Å². The molecule has 0 spiro atoms. The van der Waals surface area contributed by atoms with Crippen molar-refractivity contribution in [3.8, 4) is 32.3 Å². The summed E-state index contributed by atoms with van der Waals surface area (Å²) in [7, 11) is -1.45. The van der Waals surface area contributed by atoms with Gasteiger partial charge in [-0.15, -0.1) is 0 Å². The van der Waals surface area contributed by atoms with Crippen LogP contribution < -0.4 is 0 Å². The van der Waals surface area contributed by atoms with Gasteiger partial charge >= 0.3 is 0 Å². The molecule has 0 bridgehead atoms. The maximum absolute atomic E-state index is 4.07. The van der Waals surface area contributed by atoms with Gasteiger partial charge in [0, 0.05) is 60.6 Å². The Morgan fingerprint density at radius 1 is 0.452 bits per heavy atom. The average molecular weight is 838 g/mol. The summed E-state index contributed by atoms with van der Waals surface area (Å²) in [6.45, 7) is 4.30. The highest BCUT2D eigenvalue weighted by atomic mass is 79.9. The zero-order valence-electron chi connectivity index (χ0n) is 22.8. The van der Waals surface area contributed by atoms with Crippen molar-refractivity contribution < 1.29 is 0 Å². The fraction of sp³-hybridized carbons (Fsp3) is 0.0556. The molecule has 2 aromatic heterocycles. The summed E-state index contributed by atoms with van der Waals surface area (Å²) in [4.78, 5) is 0. The predicted molar refractivity (Wildman–Crippen MR) is 201 cm³/mol. The van der Waals surface area contributed by atoms with Gasteiger partial charge in [0.25, 0.3) is 0 Å². The lowest BCUT2D eigenvalue weighted by Crippen LogP contribution is -1.85. The number of aryl methyl sites for hydroxylation is 2. The van der Waals surface area contributed by atoms with Crippen molar-refractivity contribution in [2.45, 2.75) is 13.8 Å². The molecule has 0 saturated heterocycles. The second-order valence-corrected chi connectivity index (χ2v) is 18.0. The maximum atomic E-state index is 4.07. The van der Waals surface area contributed by atoms with Crippen molar-refractivity contribution in [3.63, 3.8) is 0 Å². The van der Waals surface area contributed by atoms with E-state index in [2.05, 4.69) is 187 Å². The zero-order chi connectivity index (χ0) is 29.1. The summed E-state index contributed by atoms with van der Waals surface area (Å²) in [6.07, 6.45) is 0. The van der Waals surface area contributed by atoms with Crippen LogP contribution in [0, 0.1) is 13.8 Å². The molecule has 0 N–H and O–H groups in total. The van der Waals surface area contributed by atoms with Gasteiger partial charge in [0.1, 0.15) is 0 Å². The van der Waals surface area contributed by atoms with Crippen LogP contribution in [0.4, 0.5) is 0 Å². The minimum atomic E-state index is -0.726. The summed E-state index contributed by atoms with van der Waals surface area (Å²) in [5.41, 5.74) is 4.99. The van der Waals surface area contributed by atoms with E-state index in [0.29, 0.717) is 0 Å². The summed E-state index contributed by atoms with van der Waals surface area (Å²) < 4.78 is 4.56. The van der Waals surface area contributed by atoms with Gasteiger partial charge in [-0.05, 0) is 80.6 Å². The Balaban J connectivity index is 1.49. The third-order valence-electron chi connectivity index (χ3n) is 7.78. The van der Waals surface area contributed by atoms with E-state index in [9.17, 15) is 0 Å². The molecule has 5 aromatic carbocycles. The Morgan fingerprint density at radius 3 is 1.19 bits per heavy atom. The molecule has 2 atom stereocenters. The first-order chi connectivity index (χ1) is 20.3. The first-order valence-corrected chi connectivity index (χ1v) is 19.4. The van der Waals surface area contributed by atoms with Crippen molar-refractivity contribution in [2.75, 3.05) is 0 Å². The van der Waals surface area contributed by atoms with Crippen molar-refractivity contribution in [1.29, 1.82) is 0 Å². The highest BCUT2D eigenvalue weighted by Crippen LogP contribution is 2.64.